The van der Waals surface area contributed by atoms with Gasteiger partial charge in [0.2, 0.25) is 0 Å². The van der Waals surface area contributed by atoms with Crippen molar-refractivity contribution in [3.8, 4) is 5.75 Å². The largest absolute Gasteiger partial charge is 0.507 e. The number of amides is 1. The molecule has 19 heavy (non-hydrogen) atoms. The molecule has 0 fully saturated rings. The third-order valence-electron chi connectivity index (χ3n) is 3.02. The summed E-state index contributed by atoms with van der Waals surface area (Å²) in [7, 11) is 0. The summed E-state index contributed by atoms with van der Waals surface area (Å²) in [6.45, 7) is 2.33. The maximum Gasteiger partial charge on any atom is 0.255 e. The molecule has 0 aliphatic heterocycles. The first-order valence-corrected chi connectivity index (χ1v) is 6.29. The van der Waals surface area contributed by atoms with Crippen LogP contribution < -0.4 is 5.32 Å². The van der Waals surface area contributed by atoms with Gasteiger partial charge in [0.1, 0.15) is 5.75 Å². The Bertz CT molecular complexity index is 564. The van der Waals surface area contributed by atoms with Crippen molar-refractivity contribution in [2.24, 2.45) is 0 Å². The van der Waals surface area contributed by atoms with E-state index >= 15 is 0 Å². The topological polar surface area (TPSA) is 49.3 Å². The molecule has 0 spiro atoms. The molecule has 0 aliphatic carbocycles. The van der Waals surface area contributed by atoms with E-state index < -0.39 is 0 Å². The Hall–Kier alpha value is -2.29. The standard InChI is InChI=1S/C16H17NO2/c1-12-6-5-9-14(15(12)18)16(19)17-11-10-13-7-3-2-4-8-13/h2-9,18H,10-11H2,1H3,(H,17,19). The molecule has 0 saturated carbocycles. The zero-order valence-electron chi connectivity index (χ0n) is 10.9. The van der Waals surface area contributed by atoms with Gasteiger partial charge >= 0.3 is 0 Å². The molecular weight excluding hydrogens is 238 g/mol. The molecule has 0 atom stereocenters. The van der Waals surface area contributed by atoms with Crippen molar-refractivity contribution in [2.45, 2.75) is 13.3 Å². The first-order chi connectivity index (χ1) is 9.18. The summed E-state index contributed by atoms with van der Waals surface area (Å²) in [6.07, 6.45) is 0.777. The van der Waals surface area contributed by atoms with E-state index in [1.807, 2.05) is 30.3 Å². The number of carbonyl (C=O) groups excluding carboxylic acids is 1. The summed E-state index contributed by atoms with van der Waals surface area (Å²) in [4.78, 5) is 11.9. The highest BCUT2D eigenvalue weighted by molar-refractivity contribution is 5.97. The summed E-state index contributed by atoms with van der Waals surface area (Å²) >= 11 is 0. The van der Waals surface area contributed by atoms with E-state index in [4.69, 9.17) is 0 Å². The van der Waals surface area contributed by atoms with Gasteiger partial charge in [-0.05, 0) is 30.5 Å². The van der Waals surface area contributed by atoms with Crippen LogP contribution in [0.2, 0.25) is 0 Å². The van der Waals surface area contributed by atoms with Gasteiger partial charge in [-0.2, -0.15) is 0 Å². The molecule has 0 aliphatic rings. The van der Waals surface area contributed by atoms with Crippen LogP contribution in [0.3, 0.4) is 0 Å². The predicted molar refractivity (Wildman–Crippen MR) is 75.3 cm³/mol. The lowest BCUT2D eigenvalue weighted by molar-refractivity contribution is 0.0951. The molecule has 0 unspecified atom stereocenters. The second kappa shape index (κ2) is 6.05. The fraction of sp³-hybridized carbons (Fsp3) is 0.188. The molecule has 2 N–H and O–H groups in total. The van der Waals surface area contributed by atoms with Crippen molar-refractivity contribution in [3.63, 3.8) is 0 Å². The van der Waals surface area contributed by atoms with Crippen molar-refractivity contribution in [2.75, 3.05) is 6.54 Å². The maximum absolute atomic E-state index is 11.9. The van der Waals surface area contributed by atoms with Crippen molar-refractivity contribution in [3.05, 3.63) is 65.2 Å². The minimum absolute atomic E-state index is 0.0553. The van der Waals surface area contributed by atoms with E-state index in [-0.39, 0.29) is 11.7 Å². The van der Waals surface area contributed by atoms with E-state index in [0.717, 1.165) is 6.42 Å². The Morgan fingerprint density at radius 1 is 1.11 bits per heavy atom. The molecule has 0 aromatic heterocycles. The van der Waals surface area contributed by atoms with Crippen LogP contribution in [-0.4, -0.2) is 17.6 Å². The number of hydrogen-bond acceptors (Lipinski definition) is 2. The molecule has 2 aromatic carbocycles. The lowest BCUT2D eigenvalue weighted by atomic mass is 10.1. The van der Waals surface area contributed by atoms with Crippen LogP contribution in [0.1, 0.15) is 21.5 Å². The molecular formula is C16H17NO2. The number of phenolic OH excluding ortho intramolecular Hbond substituents is 1. The number of aromatic hydroxyl groups is 1. The van der Waals surface area contributed by atoms with Gasteiger partial charge in [0.15, 0.2) is 0 Å². The van der Waals surface area contributed by atoms with Crippen LogP contribution in [0.15, 0.2) is 48.5 Å². The number of para-hydroxylation sites is 1. The van der Waals surface area contributed by atoms with Crippen LogP contribution in [0.4, 0.5) is 0 Å². The van der Waals surface area contributed by atoms with E-state index in [0.29, 0.717) is 17.7 Å². The molecule has 0 saturated heterocycles. The molecule has 3 nitrogen and oxygen atoms in total. The van der Waals surface area contributed by atoms with E-state index in [9.17, 15) is 9.90 Å². The molecule has 0 bridgehead atoms. The Kier molecular flexibility index (Phi) is 4.18. The van der Waals surface area contributed by atoms with Crippen LogP contribution in [-0.2, 0) is 6.42 Å². The molecule has 98 valence electrons. The third-order valence-corrected chi connectivity index (χ3v) is 3.02. The van der Waals surface area contributed by atoms with E-state index in [1.54, 1.807) is 25.1 Å². The van der Waals surface area contributed by atoms with Crippen LogP contribution in [0.25, 0.3) is 0 Å². The summed E-state index contributed by atoms with van der Waals surface area (Å²) in [5.74, 6) is -0.183. The molecule has 3 heteroatoms. The van der Waals surface area contributed by atoms with Crippen LogP contribution >= 0.6 is 0 Å². The fourth-order valence-electron chi connectivity index (χ4n) is 1.90. The Morgan fingerprint density at radius 2 is 1.84 bits per heavy atom. The maximum atomic E-state index is 11.9. The summed E-state index contributed by atoms with van der Waals surface area (Å²) < 4.78 is 0. The minimum atomic E-state index is -0.239. The quantitative estimate of drug-likeness (QED) is 0.882. The molecule has 0 heterocycles. The number of phenols is 1. The summed E-state index contributed by atoms with van der Waals surface area (Å²) in [6, 6.07) is 15.1. The highest BCUT2D eigenvalue weighted by Gasteiger charge is 2.11. The van der Waals surface area contributed by atoms with Gasteiger partial charge in [-0.3, -0.25) is 4.79 Å². The lowest BCUT2D eigenvalue weighted by Crippen LogP contribution is -2.25. The van der Waals surface area contributed by atoms with Crippen molar-refractivity contribution < 1.29 is 9.90 Å². The van der Waals surface area contributed by atoms with Crippen molar-refractivity contribution >= 4 is 5.91 Å². The monoisotopic (exact) mass is 255 g/mol. The van der Waals surface area contributed by atoms with Crippen LogP contribution in [0, 0.1) is 6.92 Å². The smallest absolute Gasteiger partial charge is 0.255 e. The van der Waals surface area contributed by atoms with Crippen molar-refractivity contribution in [1.29, 1.82) is 0 Å². The summed E-state index contributed by atoms with van der Waals surface area (Å²) in [5, 5.41) is 12.6. The van der Waals surface area contributed by atoms with Crippen molar-refractivity contribution in [1.82, 2.24) is 5.32 Å². The number of benzene rings is 2. The van der Waals surface area contributed by atoms with Gasteiger partial charge in [-0.15, -0.1) is 0 Å². The molecule has 1 amide bonds. The first-order valence-electron chi connectivity index (χ1n) is 6.29. The van der Waals surface area contributed by atoms with Gasteiger partial charge in [0.25, 0.3) is 5.91 Å². The van der Waals surface area contributed by atoms with Gasteiger partial charge in [-0.1, -0.05) is 42.5 Å². The molecule has 0 radical (unpaired) electrons. The van der Waals surface area contributed by atoms with Gasteiger partial charge in [-0.25, -0.2) is 0 Å². The number of hydrogen-bond donors (Lipinski definition) is 2. The number of carbonyl (C=O) groups is 1. The second-order valence-corrected chi connectivity index (χ2v) is 4.46. The zero-order chi connectivity index (χ0) is 13.7. The average Bonchev–Trinajstić information content (AvgIpc) is 2.43. The summed E-state index contributed by atoms with van der Waals surface area (Å²) in [5.41, 5.74) is 2.21. The SMILES string of the molecule is Cc1cccc(C(=O)NCCc2ccccc2)c1O. The highest BCUT2D eigenvalue weighted by atomic mass is 16.3. The zero-order valence-corrected chi connectivity index (χ0v) is 10.9. The predicted octanol–water partition coefficient (Wildman–Crippen LogP) is 2.67. The third kappa shape index (κ3) is 3.35. The first kappa shape index (κ1) is 13.1. The van der Waals surface area contributed by atoms with E-state index in [1.165, 1.54) is 5.56 Å². The molecule has 2 aromatic rings. The Labute approximate surface area is 112 Å². The molecule has 2 rings (SSSR count). The van der Waals surface area contributed by atoms with Gasteiger partial charge < -0.3 is 10.4 Å². The van der Waals surface area contributed by atoms with E-state index in [2.05, 4.69) is 5.32 Å². The minimum Gasteiger partial charge on any atom is -0.507 e. The number of rotatable bonds is 4. The normalized spacial score (nSPS) is 10.2. The lowest BCUT2D eigenvalue weighted by Gasteiger charge is -2.08. The van der Waals surface area contributed by atoms with Gasteiger partial charge in [0.05, 0.1) is 5.56 Å². The Morgan fingerprint density at radius 3 is 2.58 bits per heavy atom. The van der Waals surface area contributed by atoms with Gasteiger partial charge in [0, 0.05) is 6.54 Å². The average molecular weight is 255 g/mol. The number of aryl methyl sites for hydroxylation is 1. The highest BCUT2D eigenvalue weighted by Crippen LogP contribution is 2.20. The van der Waals surface area contributed by atoms with Crippen LogP contribution in [0.5, 0.6) is 5.75 Å². The second-order valence-electron chi connectivity index (χ2n) is 4.46. The fourth-order valence-corrected chi connectivity index (χ4v) is 1.90. The number of nitrogens with one attached hydrogen (secondary N) is 1. The Balaban J connectivity index is 1.93.